The van der Waals surface area contributed by atoms with E-state index >= 15 is 0 Å². The van der Waals surface area contributed by atoms with Crippen LogP contribution in [-0.4, -0.2) is 38.2 Å². The summed E-state index contributed by atoms with van der Waals surface area (Å²) in [7, 11) is 1.62. The number of nitrogens with one attached hydrogen (secondary N) is 1. The minimum absolute atomic E-state index is 0.0890. The number of methoxy groups -OCH3 is 1. The van der Waals surface area contributed by atoms with Gasteiger partial charge in [-0.25, -0.2) is 18.9 Å². The summed E-state index contributed by atoms with van der Waals surface area (Å²) in [6.45, 7) is 1.67. The predicted molar refractivity (Wildman–Crippen MR) is 104 cm³/mol. The van der Waals surface area contributed by atoms with Crippen LogP contribution >= 0.6 is 0 Å². The van der Waals surface area contributed by atoms with Gasteiger partial charge in [-0.05, 0) is 44.0 Å². The SMILES string of the molecule is COc1ccc(-c2cc3nn(CC(=O)NC4CCCC4)c(=O)n3c(C)n2)cc1. The lowest BCUT2D eigenvalue weighted by Gasteiger charge is -2.10. The number of fused-ring (bicyclic) bond motifs is 1. The Kier molecular flexibility index (Phi) is 4.85. The van der Waals surface area contributed by atoms with E-state index in [2.05, 4.69) is 15.4 Å². The summed E-state index contributed by atoms with van der Waals surface area (Å²) >= 11 is 0. The minimum Gasteiger partial charge on any atom is -0.497 e. The van der Waals surface area contributed by atoms with Crippen LogP contribution in [0.1, 0.15) is 31.5 Å². The summed E-state index contributed by atoms with van der Waals surface area (Å²) in [6.07, 6.45) is 4.27. The minimum atomic E-state index is -0.358. The smallest absolute Gasteiger partial charge is 0.352 e. The van der Waals surface area contributed by atoms with Crippen molar-refractivity contribution in [3.8, 4) is 17.0 Å². The van der Waals surface area contributed by atoms with Gasteiger partial charge in [0.2, 0.25) is 5.91 Å². The van der Waals surface area contributed by atoms with Crippen molar-refractivity contribution in [1.82, 2.24) is 24.5 Å². The summed E-state index contributed by atoms with van der Waals surface area (Å²) in [5.74, 6) is 1.10. The molecule has 1 N–H and O–H groups in total. The molecule has 28 heavy (non-hydrogen) atoms. The molecule has 1 aliphatic rings. The number of aryl methyl sites for hydroxylation is 1. The van der Waals surface area contributed by atoms with Crippen LogP contribution in [0.15, 0.2) is 35.1 Å². The molecule has 2 heterocycles. The molecule has 1 fully saturated rings. The highest BCUT2D eigenvalue weighted by Gasteiger charge is 2.19. The van der Waals surface area contributed by atoms with Crippen molar-refractivity contribution in [3.63, 3.8) is 0 Å². The second-order valence-electron chi connectivity index (χ2n) is 7.10. The number of hydrogen-bond donors (Lipinski definition) is 1. The monoisotopic (exact) mass is 381 g/mol. The first-order valence-corrected chi connectivity index (χ1v) is 9.46. The number of ether oxygens (including phenoxy) is 1. The zero-order valence-electron chi connectivity index (χ0n) is 16.0. The maximum Gasteiger partial charge on any atom is 0.352 e. The molecule has 0 aliphatic heterocycles. The first-order chi connectivity index (χ1) is 13.5. The molecule has 0 spiro atoms. The van der Waals surface area contributed by atoms with Crippen LogP contribution in [0.3, 0.4) is 0 Å². The first-order valence-electron chi connectivity index (χ1n) is 9.46. The van der Waals surface area contributed by atoms with E-state index in [-0.39, 0.29) is 24.2 Å². The third kappa shape index (κ3) is 3.49. The van der Waals surface area contributed by atoms with Gasteiger partial charge in [-0.3, -0.25) is 4.79 Å². The number of nitrogens with zero attached hydrogens (tertiary/aromatic N) is 4. The van der Waals surface area contributed by atoms with Gasteiger partial charge in [-0.15, -0.1) is 5.10 Å². The first kappa shape index (κ1) is 18.2. The van der Waals surface area contributed by atoms with Gasteiger partial charge in [-0.2, -0.15) is 0 Å². The maximum atomic E-state index is 12.7. The molecule has 1 amide bonds. The van der Waals surface area contributed by atoms with Crippen molar-refractivity contribution in [2.75, 3.05) is 7.11 Å². The quantitative estimate of drug-likeness (QED) is 0.729. The number of carbonyl (C=O) groups is 1. The fraction of sp³-hybridized carbons (Fsp3) is 0.400. The van der Waals surface area contributed by atoms with E-state index in [9.17, 15) is 9.59 Å². The lowest BCUT2D eigenvalue weighted by molar-refractivity contribution is -0.122. The molecule has 8 nitrogen and oxygen atoms in total. The Balaban J connectivity index is 1.62. The van der Waals surface area contributed by atoms with Gasteiger partial charge in [0, 0.05) is 17.7 Å². The van der Waals surface area contributed by atoms with Gasteiger partial charge in [0.25, 0.3) is 0 Å². The van der Waals surface area contributed by atoms with Gasteiger partial charge in [0.15, 0.2) is 5.65 Å². The fourth-order valence-corrected chi connectivity index (χ4v) is 3.69. The van der Waals surface area contributed by atoms with E-state index < -0.39 is 0 Å². The van der Waals surface area contributed by atoms with Crippen molar-refractivity contribution >= 4 is 11.6 Å². The molecule has 1 aromatic carbocycles. The van der Waals surface area contributed by atoms with E-state index in [4.69, 9.17) is 4.74 Å². The molecule has 146 valence electrons. The van der Waals surface area contributed by atoms with Crippen LogP contribution < -0.4 is 15.7 Å². The number of hydrogen-bond acceptors (Lipinski definition) is 5. The van der Waals surface area contributed by atoms with Gasteiger partial charge in [-0.1, -0.05) is 12.8 Å². The highest BCUT2D eigenvalue weighted by Crippen LogP contribution is 2.22. The van der Waals surface area contributed by atoms with Gasteiger partial charge in [0.05, 0.1) is 12.8 Å². The molecule has 0 saturated heterocycles. The normalized spacial score (nSPS) is 14.5. The van der Waals surface area contributed by atoms with Gasteiger partial charge in [0.1, 0.15) is 18.1 Å². The largest absolute Gasteiger partial charge is 0.497 e. The van der Waals surface area contributed by atoms with Crippen molar-refractivity contribution in [2.45, 2.75) is 45.2 Å². The topological polar surface area (TPSA) is 90.5 Å². The predicted octanol–water partition coefficient (Wildman–Crippen LogP) is 1.93. The summed E-state index contributed by atoms with van der Waals surface area (Å²) in [5.41, 5.74) is 1.72. The Morgan fingerprint density at radius 1 is 1.25 bits per heavy atom. The molecular weight excluding hydrogens is 358 g/mol. The van der Waals surface area contributed by atoms with Gasteiger partial charge >= 0.3 is 5.69 Å². The van der Waals surface area contributed by atoms with Crippen LogP contribution in [0.4, 0.5) is 0 Å². The summed E-state index contributed by atoms with van der Waals surface area (Å²) in [6, 6.07) is 9.48. The summed E-state index contributed by atoms with van der Waals surface area (Å²) in [4.78, 5) is 29.5. The number of amides is 1. The molecule has 1 saturated carbocycles. The zero-order valence-corrected chi connectivity index (χ0v) is 16.0. The zero-order chi connectivity index (χ0) is 19.7. The Labute approximate surface area is 162 Å². The van der Waals surface area contributed by atoms with E-state index in [0.717, 1.165) is 37.0 Å². The Hall–Kier alpha value is -3.16. The number of rotatable bonds is 5. The lowest BCUT2D eigenvalue weighted by Crippen LogP contribution is -2.37. The molecule has 0 atom stereocenters. The highest BCUT2D eigenvalue weighted by atomic mass is 16.5. The van der Waals surface area contributed by atoms with Crippen LogP contribution in [0.25, 0.3) is 16.9 Å². The van der Waals surface area contributed by atoms with E-state index in [1.165, 1.54) is 9.08 Å². The highest BCUT2D eigenvalue weighted by molar-refractivity contribution is 5.76. The second-order valence-corrected chi connectivity index (χ2v) is 7.10. The molecule has 3 aromatic rings. The van der Waals surface area contributed by atoms with Gasteiger partial charge < -0.3 is 10.1 Å². The Morgan fingerprint density at radius 2 is 1.96 bits per heavy atom. The fourth-order valence-electron chi connectivity index (χ4n) is 3.69. The number of carbonyl (C=O) groups excluding carboxylic acids is 1. The average molecular weight is 381 g/mol. The van der Waals surface area contributed by atoms with Crippen molar-refractivity contribution in [1.29, 1.82) is 0 Å². The molecule has 0 radical (unpaired) electrons. The van der Waals surface area contributed by atoms with E-state index in [0.29, 0.717) is 17.2 Å². The second kappa shape index (κ2) is 7.46. The number of aromatic nitrogens is 4. The third-order valence-electron chi connectivity index (χ3n) is 5.14. The number of benzene rings is 1. The Morgan fingerprint density at radius 3 is 2.64 bits per heavy atom. The molecule has 0 unspecified atom stereocenters. The average Bonchev–Trinajstić information content (AvgIpc) is 3.30. The molecular formula is C20H23N5O3. The molecule has 1 aliphatic carbocycles. The van der Waals surface area contributed by atoms with E-state index in [1.54, 1.807) is 20.1 Å². The maximum absolute atomic E-state index is 12.7. The summed E-state index contributed by atoms with van der Waals surface area (Å²) in [5, 5.41) is 7.34. The van der Waals surface area contributed by atoms with Crippen LogP contribution in [-0.2, 0) is 11.3 Å². The third-order valence-corrected chi connectivity index (χ3v) is 5.14. The van der Waals surface area contributed by atoms with Crippen LogP contribution in [0.5, 0.6) is 5.75 Å². The van der Waals surface area contributed by atoms with Crippen molar-refractivity contribution in [3.05, 3.63) is 46.6 Å². The molecule has 0 bridgehead atoms. The Bertz CT molecular complexity index is 1060. The standard InChI is InChI=1S/C20H23N5O3/c1-13-21-17(14-7-9-16(28-2)10-8-14)11-18-23-24(20(27)25(13)18)12-19(26)22-15-5-3-4-6-15/h7-11,15H,3-6,12H2,1-2H3,(H,22,26). The molecule has 8 heteroatoms. The van der Waals surface area contributed by atoms with Crippen molar-refractivity contribution < 1.29 is 9.53 Å². The van der Waals surface area contributed by atoms with E-state index in [1.807, 2.05) is 24.3 Å². The van der Waals surface area contributed by atoms with Crippen molar-refractivity contribution in [2.24, 2.45) is 0 Å². The van der Waals surface area contributed by atoms with Crippen LogP contribution in [0.2, 0.25) is 0 Å². The molecule has 4 rings (SSSR count). The van der Waals surface area contributed by atoms with Crippen LogP contribution in [0, 0.1) is 6.92 Å². The molecule has 2 aromatic heterocycles. The summed E-state index contributed by atoms with van der Waals surface area (Å²) < 4.78 is 7.81. The lowest BCUT2D eigenvalue weighted by atomic mass is 10.1.